The van der Waals surface area contributed by atoms with E-state index in [4.69, 9.17) is 0 Å². The molecule has 0 aliphatic heterocycles. The second kappa shape index (κ2) is 7.01. The van der Waals surface area contributed by atoms with Gasteiger partial charge in [0.1, 0.15) is 6.20 Å². The van der Waals surface area contributed by atoms with Gasteiger partial charge in [0.2, 0.25) is 5.82 Å². The summed E-state index contributed by atoms with van der Waals surface area (Å²) in [4.78, 5) is 15.7. The summed E-state index contributed by atoms with van der Waals surface area (Å²) in [6, 6.07) is 8.47. The largest absolute Gasteiger partial charge is 0.372 e. The Morgan fingerprint density at radius 2 is 2.17 bits per heavy atom. The molecule has 0 unspecified atom stereocenters. The van der Waals surface area contributed by atoms with Gasteiger partial charge in [-0.3, -0.25) is 0 Å². The minimum absolute atomic E-state index is 0.00443. The predicted octanol–water partition coefficient (Wildman–Crippen LogP) is 3.96. The lowest BCUT2D eigenvalue weighted by atomic mass is 10.2. The number of rotatable bonds is 7. The van der Waals surface area contributed by atoms with Crippen molar-refractivity contribution in [3.63, 3.8) is 0 Å². The molecule has 0 saturated heterocycles. The van der Waals surface area contributed by atoms with E-state index in [1.165, 1.54) is 26.9 Å². The van der Waals surface area contributed by atoms with E-state index >= 15 is 0 Å². The Morgan fingerprint density at radius 1 is 1.39 bits per heavy atom. The van der Waals surface area contributed by atoms with Gasteiger partial charge in [-0.2, -0.15) is 21.1 Å². The summed E-state index contributed by atoms with van der Waals surface area (Å²) in [7, 11) is 0. The molecule has 0 fully saturated rings. The molecular formula is C15H16N4O2S2. The van der Waals surface area contributed by atoms with Crippen LogP contribution < -0.4 is 5.32 Å². The zero-order valence-corrected chi connectivity index (χ0v) is 14.2. The van der Waals surface area contributed by atoms with Crippen molar-refractivity contribution < 1.29 is 4.92 Å². The third-order valence-electron chi connectivity index (χ3n) is 3.34. The Balaban J connectivity index is 1.52. The highest BCUT2D eigenvalue weighted by molar-refractivity contribution is 7.98. The molecule has 1 aromatic carbocycles. The quantitative estimate of drug-likeness (QED) is 0.397. The minimum atomic E-state index is -0.394. The Morgan fingerprint density at radius 3 is 2.91 bits per heavy atom. The van der Waals surface area contributed by atoms with Gasteiger partial charge < -0.3 is 15.4 Å². The van der Waals surface area contributed by atoms with Crippen LogP contribution in [0.5, 0.6) is 0 Å². The molecule has 0 radical (unpaired) electrons. The molecule has 23 heavy (non-hydrogen) atoms. The molecule has 0 saturated carbocycles. The van der Waals surface area contributed by atoms with Crippen LogP contribution >= 0.6 is 23.1 Å². The number of anilines is 1. The van der Waals surface area contributed by atoms with Crippen molar-refractivity contribution in [1.29, 1.82) is 0 Å². The van der Waals surface area contributed by atoms with Crippen molar-refractivity contribution in [3.05, 3.63) is 57.1 Å². The molecule has 0 amide bonds. The molecule has 0 aliphatic carbocycles. The molecule has 0 spiro atoms. The van der Waals surface area contributed by atoms with Gasteiger partial charge in [0, 0.05) is 23.4 Å². The zero-order valence-electron chi connectivity index (χ0n) is 12.6. The fourth-order valence-corrected chi connectivity index (χ4v) is 3.71. The van der Waals surface area contributed by atoms with Gasteiger partial charge in [-0.15, -0.1) is 0 Å². The summed E-state index contributed by atoms with van der Waals surface area (Å²) in [6.07, 6.45) is 1.67. The van der Waals surface area contributed by atoms with Crippen LogP contribution in [0.1, 0.15) is 11.1 Å². The lowest BCUT2D eigenvalue weighted by Gasteiger charge is -2.04. The highest BCUT2D eigenvalue weighted by Gasteiger charge is 2.22. The molecule has 3 aromatic rings. The summed E-state index contributed by atoms with van der Waals surface area (Å²) < 4.78 is 1.51. The lowest BCUT2D eigenvalue weighted by Crippen LogP contribution is -2.07. The summed E-state index contributed by atoms with van der Waals surface area (Å²) >= 11 is 3.17. The molecule has 2 aromatic heterocycles. The maximum absolute atomic E-state index is 11.2. The van der Waals surface area contributed by atoms with Gasteiger partial charge in [-0.25, -0.2) is 0 Å². The third kappa shape index (κ3) is 3.65. The van der Waals surface area contributed by atoms with Crippen LogP contribution in [0.4, 0.5) is 11.6 Å². The molecule has 120 valence electrons. The SMILES string of the molecule is Cc1ccc(CSCCNc2nc3sccn3c2[N+](=O)[O-])cc1. The minimum Gasteiger partial charge on any atom is -0.362 e. The number of thiazole rings is 1. The summed E-state index contributed by atoms with van der Waals surface area (Å²) in [5, 5.41) is 16.1. The molecule has 0 atom stereocenters. The molecule has 0 aliphatic rings. The summed E-state index contributed by atoms with van der Waals surface area (Å²) in [5.74, 6) is 2.14. The average molecular weight is 348 g/mol. The van der Waals surface area contributed by atoms with Gasteiger partial charge in [-0.1, -0.05) is 41.2 Å². The summed E-state index contributed by atoms with van der Waals surface area (Å²) in [5.41, 5.74) is 2.54. The molecule has 1 N–H and O–H groups in total. The lowest BCUT2D eigenvalue weighted by molar-refractivity contribution is -0.389. The fraction of sp³-hybridized carbons (Fsp3) is 0.267. The number of aryl methyl sites for hydroxylation is 1. The van der Waals surface area contributed by atoms with Gasteiger partial charge in [0.25, 0.3) is 4.96 Å². The van der Waals surface area contributed by atoms with E-state index in [9.17, 15) is 10.1 Å². The maximum Gasteiger partial charge on any atom is 0.372 e. The van der Waals surface area contributed by atoms with Crippen LogP contribution in [-0.4, -0.2) is 26.6 Å². The second-order valence-electron chi connectivity index (χ2n) is 5.06. The van der Waals surface area contributed by atoms with Crippen LogP contribution in [0.15, 0.2) is 35.8 Å². The Labute approximate surface area is 141 Å². The molecular weight excluding hydrogens is 332 g/mol. The predicted molar refractivity (Wildman–Crippen MR) is 95.6 cm³/mol. The summed E-state index contributed by atoms with van der Waals surface area (Å²) in [6.45, 7) is 2.71. The Kier molecular flexibility index (Phi) is 4.82. The van der Waals surface area contributed by atoms with E-state index in [0.29, 0.717) is 17.3 Å². The first kappa shape index (κ1) is 15.8. The first-order chi connectivity index (χ1) is 11.1. The van der Waals surface area contributed by atoms with E-state index in [-0.39, 0.29) is 5.82 Å². The number of fused-ring (bicyclic) bond motifs is 1. The van der Waals surface area contributed by atoms with Gasteiger partial charge in [-0.05, 0) is 17.4 Å². The van der Waals surface area contributed by atoms with E-state index in [2.05, 4.69) is 41.5 Å². The maximum atomic E-state index is 11.2. The van der Waals surface area contributed by atoms with Crippen molar-refractivity contribution in [1.82, 2.24) is 9.38 Å². The van der Waals surface area contributed by atoms with E-state index in [1.807, 2.05) is 0 Å². The van der Waals surface area contributed by atoms with Crippen molar-refractivity contribution in [2.45, 2.75) is 12.7 Å². The number of aromatic nitrogens is 2. The standard InChI is InChI=1S/C15H16N4O2S2/c1-11-2-4-12(5-3-11)10-22-8-6-16-13-14(19(20)21)18-7-9-23-15(18)17-13/h2-5,7,9,16H,6,8,10H2,1H3. The number of benzene rings is 1. The van der Waals surface area contributed by atoms with Crippen LogP contribution in [0, 0.1) is 17.0 Å². The normalized spacial score (nSPS) is 11.0. The van der Waals surface area contributed by atoms with Gasteiger partial charge in [0.05, 0.1) is 0 Å². The number of nitrogens with one attached hydrogen (secondary N) is 1. The molecule has 6 nitrogen and oxygen atoms in total. The first-order valence-corrected chi connectivity index (χ1v) is 9.15. The smallest absolute Gasteiger partial charge is 0.362 e. The average Bonchev–Trinajstić information content (AvgIpc) is 3.08. The van der Waals surface area contributed by atoms with Crippen LogP contribution in [0.25, 0.3) is 4.96 Å². The molecule has 3 rings (SSSR count). The molecule has 0 bridgehead atoms. The monoisotopic (exact) mass is 348 g/mol. The second-order valence-corrected chi connectivity index (χ2v) is 7.04. The van der Waals surface area contributed by atoms with Crippen LogP contribution in [0.3, 0.4) is 0 Å². The number of thioether (sulfide) groups is 1. The number of hydrogen-bond acceptors (Lipinski definition) is 6. The zero-order chi connectivity index (χ0) is 16.2. The van der Waals surface area contributed by atoms with Crippen molar-refractivity contribution in [3.8, 4) is 0 Å². The number of nitrogens with zero attached hydrogens (tertiary/aromatic N) is 3. The van der Waals surface area contributed by atoms with Crippen molar-refractivity contribution in [2.75, 3.05) is 17.6 Å². The molecule has 8 heteroatoms. The topological polar surface area (TPSA) is 72.5 Å². The highest BCUT2D eigenvalue weighted by atomic mass is 32.2. The Bertz CT molecular complexity index is 811. The first-order valence-electron chi connectivity index (χ1n) is 7.12. The number of hydrogen-bond donors (Lipinski definition) is 1. The van der Waals surface area contributed by atoms with Crippen molar-refractivity contribution in [2.24, 2.45) is 0 Å². The molecule has 2 heterocycles. The number of nitro groups is 1. The third-order valence-corrected chi connectivity index (χ3v) is 5.12. The Hall–Kier alpha value is -2.06. The highest BCUT2D eigenvalue weighted by Crippen LogP contribution is 2.27. The van der Waals surface area contributed by atoms with E-state index < -0.39 is 4.92 Å². The van der Waals surface area contributed by atoms with E-state index in [0.717, 1.165) is 11.5 Å². The van der Waals surface area contributed by atoms with Crippen molar-refractivity contribution >= 4 is 39.7 Å². The van der Waals surface area contributed by atoms with Gasteiger partial charge >= 0.3 is 5.82 Å². The van der Waals surface area contributed by atoms with Gasteiger partial charge in [0.15, 0.2) is 0 Å². The fourth-order valence-electron chi connectivity index (χ4n) is 2.18. The number of imidazole rings is 1. The van der Waals surface area contributed by atoms with E-state index in [1.54, 1.807) is 23.3 Å². The van der Waals surface area contributed by atoms with Crippen LogP contribution in [0.2, 0.25) is 0 Å². The van der Waals surface area contributed by atoms with Crippen LogP contribution in [-0.2, 0) is 5.75 Å².